The van der Waals surface area contributed by atoms with Gasteiger partial charge in [-0.1, -0.05) is 54.1 Å². The van der Waals surface area contributed by atoms with Gasteiger partial charge in [-0.15, -0.1) is 0 Å². The number of methoxy groups -OCH3 is 1. The number of nitrogens with zero attached hydrogens (tertiary/aromatic N) is 3. The summed E-state index contributed by atoms with van der Waals surface area (Å²) in [5.41, 5.74) is 5.63. The van der Waals surface area contributed by atoms with Gasteiger partial charge in [0.1, 0.15) is 5.75 Å². The lowest BCUT2D eigenvalue weighted by Gasteiger charge is -2.34. The number of aromatic nitrogens is 1. The van der Waals surface area contributed by atoms with E-state index in [-0.39, 0.29) is 5.91 Å². The highest BCUT2D eigenvalue weighted by atomic mass is 16.5. The molecule has 5 rings (SSSR count). The Morgan fingerprint density at radius 3 is 2.42 bits per heavy atom. The van der Waals surface area contributed by atoms with E-state index in [1.807, 2.05) is 60.4 Å². The minimum absolute atomic E-state index is 0.0715. The van der Waals surface area contributed by atoms with E-state index in [2.05, 4.69) is 47.4 Å². The number of carbonyl (C=O) groups excluding carboxylic acids is 1. The van der Waals surface area contributed by atoms with Crippen molar-refractivity contribution < 1.29 is 9.53 Å². The van der Waals surface area contributed by atoms with Gasteiger partial charge in [0.2, 0.25) is 0 Å². The number of rotatable bonds is 6. The van der Waals surface area contributed by atoms with E-state index in [9.17, 15) is 4.79 Å². The third-order valence-electron chi connectivity index (χ3n) is 6.71. The third kappa shape index (κ3) is 5.31. The van der Waals surface area contributed by atoms with Gasteiger partial charge in [0, 0.05) is 43.7 Å². The Hall–Kier alpha value is -3.96. The molecule has 2 heterocycles. The van der Waals surface area contributed by atoms with E-state index in [4.69, 9.17) is 9.72 Å². The Bertz CT molecular complexity index is 1370. The molecule has 4 aromatic rings. The Morgan fingerprint density at radius 1 is 0.944 bits per heavy atom. The van der Waals surface area contributed by atoms with Crippen LogP contribution in [0.5, 0.6) is 5.75 Å². The van der Waals surface area contributed by atoms with Crippen LogP contribution in [-0.4, -0.2) is 60.5 Å². The standard InChI is InChI=1S/C31H31N3O2/c1-23-10-15-29-27(21-23)28(22-30(32-29)25-11-13-26(36-2)14-12-25)31(35)34-19-17-33(18-20-34)16-6-9-24-7-4-3-5-8-24/h3-15,21-22H,16-20H2,1-2H3. The highest BCUT2D eigenvalue weighted by Crippen LogP contribution is 2.28. The van der Waals surface area contributed by atoms with Gasteiger partial charge >= 0.3 is 0 Å². The predicted molar refractivity (Wildman–Crippen MR) is 146 cm³/mol. The zero-order chi connectivity index (χ0) is 24.9. The minimum atomic E-state index is 0.0715. The second kappa shape index (κ2) is 10.8. The number of amides is 1. The molecule has 1 aliphatic rings. The predicted octanol–water partition coefficient (Wildman–Crippen LogP) is 5.69. The molecule has 0 atom stereocenters. The van der Waals surface area contributed by atoms with Crippen LogP contribution in [-0.2, 0) is 0 Å². The molecule has 1 saturated heterocycles. The first kappa shape index (κ1) is 23.8. The quantitative estimate of drug-likeness (QED) is 0.358. The van der Waals surface area contributed by atoms with Crippen LogP contribution in [0.15, 0.2) is 84.9 Å². The molecule has 1 fully saturated rings. The fourth-order valence-corrected chi connectivity index (χ4v) is 4.63. The molecule has 0 unspecified atom stereocenters. The van der Waals surface area contributed by atoms with Crippen molar-refractivity contribution in [3.05, 3.63) is 102 Å². The molecular weight excluding hydrogens is 446 g/mol. The van der Waals surface area contributed by atoms with Gasteiger partial charge in [-0.3, -0.25) is 9.69 Å². The number of carbonyl (C=O) groups is 1. The van der Waals surface area contributed by atoms with Gasteiger partial charge in [0.25, 0.3) is 5.91 Å². The van der Waals surface area contributed by atoms with E-state index in [1.165, 1.54) is 5.56 Å². The number of hydrogen-bond donors (Lipinski definition) is 0. The topological polar surface area (TPSA) is 45.7 Å². The first-order valence-electron chi connectivity index (χ1n) is 12.4. The zero-order valence-corrected chi connectivity index (χ0v) is 20.9. The highest BCUT2D eigenvalue weighted by Gasteiger charge is 2.24. The van der Waals surface area contributed by atoms with E-state index in [0.717, 1.165) is 53.1 Å². The summed E-state index contributed by atoms with van der Waals surface area (Å²) in [4.78, 5) is 23.0. The largest absolute Gasteiger partial charge is 0.497 e. The van der Waals surface area contributed by atoms with E-state index >= 15 is 0 Å². The van der Waals surface area contributed by atoms with Crippen LogP contribution in [0.25, 0.3) is 28.2 Å². The van der Waals surface area contributed by atoms with E-state index in [0.29, 0.717) is 18.7 Å². The molecule has 36 heavy (non-hydrogen) atoms. The normalized spacial score (nSPS) is 14.4. The molecule has 5 heteroatoms. The zero-order valence-electron chi connectivity index (χ0n) is 20.9. The lowest BCUT2D eigenvalue weighted by atomic mass is 10.0. The van der Waals surface area contributed by atoms with Crippen LogP contribution in [0.2, 0.25) is 0 Å². The van der Waals surface area contributed by atoms with Gasteiger partial charge in [-0.25, -0.2) is 4.98 Å². The highest BCUT2D eigenvalue weighted by molar-refractivity contribution is 6.07. The fraction of sp³-hybridized carbons (Fsp3) is 0.226. The number of ether oxygens (including phenoxy) is 1. The van der Waals surface area contributed by atoms with Gasteiger partial charge in [-0.05, 0) is 55.0 Å². The Balaban J connectivity index is 1.34. The molecule has 1 amide bonds. The van der Waals surface area contributed by atoms with Crippen LogP contribution in [0.4, 0.5) is 0 Å². The van der Waals surface area contributed by atoms with Crippen molar-refractivity contribution >= 4 is 22.9 Å². The van der Waals surface area contributed by atoms with Crippen LogP contribution in [0.1, 0.15) is 21.5 Å². The van der Waals surface area contributed by atoms with Crippen molar-refractivity contribution in [2.75, 3.05) is 39.8 Å². The maximum Gasteiger partial charge on any atom is 0.254 e. The number of piperazine rings is 1. The summed E-state index contributed by atoms with van der Waals surface area (Å²) in [5.74, 6) is 0.866. The smallest absolute Gasteiger partial charge is 0.254 e. The number of pyridine rings is 1. The van der Waals surface area contributed by atoms with Gasteiger partial charge < -0.3 is 9.64 Å². The maximum atomic E-state index is 13.8. The van der Waals surface area contributed by atoms with Crippen LogP contribution >= 0.6 is 0 Å². The summed E-state index contributed by atoms with van der Waals surface area (Å²) >= 11 is 0. The van der Waals surface area contributed by atoms with Crippen LogP contribution in [0, 0.1) is 6.92 Å². The SMILES string of the molecule is COc1ccc(-c2cc(C(=O)N3CCN(CC=Cc4ccccc4)CC3)c3cc(C)ccc3n2)cc1. The summed E-state index contributed by atoms with van der Waals surface area (Å²) in [7, 11) is 1.65. The molecule has 0 aliphatic carbocycles. The summed E-state index contributed by atoms with van der Waals surface area (Å²) in [6.07, 6.45) is 4.36. The lowest BCUT2D eigenvalue weighted by molar-refractivity contribution is 0.0652. The molecular formula is C31H31N3O2. The lowest BCUT2D eigenvalue weighted by Crippen LogP contribution is -2.48. The molecule has 0 saturated carbocycles. The number of benzene rings is 3. The molecule has 0 bridgehead atoms. The number of fused-ring (bicyclic) bond motifs is 1. The van der Waals surface area contributed by atoms with Gasteiger partial charge in [-0.2, -0.15) is 0 Å². The second-order valence-corrected chi connectivity index (χ2v) is 9.21. The minimum Gasteiger partial charge on any atom is -0.497 e. The maximum absolute atomic E-state index is 13.8. The van der Waals surface area contributed by atoms with Crippen molar-refractivity contribution in [1.29, 1.82) is 0 Å². The molecule has 0 radical (unpaired) electrons. The van der Waals surface area contributed by atoms with Gasteiger partial charge in [0.15, 0.2) is 0 Å². The van der Waals surface area contributed by atoms with E-state index < -0.39 is 0 Å². The Labute approximate surface area is 212 Å². The van der Waals surface area contributed by atoms with Crippen molar-refractivity contribution in [3.8, 4) is 17.0 Å². The van der Waals surface area contributed by atoms with Crippen molar-refractivity contribution in [2.45, 2.75) is 6.92 Å². The summed E-state index contributed by atoms with van der Waals surface area (Å²) in [6, 6.07) is 26.2. The molecule has 1 aliphatic heterocycles. The molecule has 3 aromatic carbocycles. The molecule has 1 aromatic heterocycles. The first-order valence-corrected chi connectivity index (χ1v) is 12.4. The van der Waals surface area contributed by atoms with Crippen molar-refractivity contribution in [1.82, 2.24) is 14.8 Å². The van der Waals surface area contributed by atoms with Crippen molar-refractivity contribution in [3.63, 3.8) is 0 Å². The Kier molecular flexibility index (Phi) is 7.10. The molecule has 0 spiro atoms. The average Bonchev–Trinajstić information content (AvgIpc) is 2.93. The summed E-state index contributed by atoms with van der Waals surface area (Å²) < 4.78 is 5.30. The first-order chi connectivity index (χ1) is 17.6. The fourth-order valence-electron chi connectivity index (χ4n) is 4.63. The summed E-state index contributed by atoms with van der Waals surface area (Å²) in [6.45, 7) is 6.08. The number of hydrogen-bond acceptors (Lipinski definition) is 4. The molecule has 182 valence electrons. The second-order valence-electron chi connectivity index (χ2n) is 9.21. The van der Waals surface area contributed by atoms with E-state index in [1.54, 1.807) is 7.11 Å². The number of aryl methyl sites for hydroxylation is 1. The van der Waals surface area contributed by atoms with Crippen molar-refractivity contribution in [2.24, 2.45) is 0 Å². The van der Waals surface area contributed by atoms with Crippen LogP contribution in [0.3, 0.4) is 0 Å². The third-order valence-corrected chi connectivity index (χ3v) is 6.71. The van der Waals surface area contributed by atoms with Gasteiger partial charge in [0.05, 0.1) is 23.9 Å². The van der Waals surface area contributed by atoms with Crippen LogP contribution < -0.4 is 4.74 Å². The molecule has 5 nitrogen and oxygen atoms in total. The monoisotopic (exact) mass is 477 g/mol. The average molecular weight is 478 g/mol. The molecule has 0 N–H and O–H groups in total. The summed E-state index contributed by atoms with van der Waals surface area (Å²) in [5, 5.41) is 0.908. The Morgan fingerprint density at radius 2 is 1.69 bits per heavy atom.